The summed E-state index contributed by atoms with van der Waals surface area (Å²) < 4.78 is 5.42. The molecule has 1 aromatic carbocycles. The van der Waals surface area contributed by atoms with Crippen molar-refractivity contribution in [2.75, 3.05) is 23.4 Å². The topological polar surface area (TPSA) is 84.4 Å². The van der Waals surface area contributed by atoms with Crippen LogP contribution in [0.25, 0.3) is 0 Å². The molecule has 1 fully saturated rings. The van der Waals surface area contributed by atoms with Gasteiger partial charge in [0.2, 0.25) is 16.9 Å². The highest BCUT2D eigenvalue weighted by molar-refractivity contribution is 7.15. The van der Waals surface area contributed by atoms with Gasteiger partial charge in [-0.25, -0.2) is 0 Å². The second kappa shape index (κ2) is 7.82. The molecule has 7 nitrogen and oxygen atoms in total. The van der Waals surface area contributed by atoms with Crippen LogP contribution in [0.5, 0.6) is 5.75 Å². The predicted molar refractivity (Wildman–Crippen MR) is 101 cm³/mol. The number of carbonyl (C=O) groups is 2. The smallest absolute Gasteiger partial charge is 0.231 e. The fourth-order valence-electron chi connectivity index (χ4n) is 2.75. The Hall–Kier alpha value is -2.48. The third-order valence-corrected chi connectivity index (χ3v) is 5.26. The first-order chi connectivity index (χ1) is 12.5. The van der Waals surface area contributed by atoms with Crippen LogP contribution in [0, 0.1) is 5.92 Å². The predicted octanol–water partition coefficient (Wildman–Crippen LogP) is 3.05. The van der Waals surface area contributed by atoms with E-state index in [9.17, 15) is 9.59 Å². The first-order valence-electron chi connectivity index (χ1n) is 8.65. The molecule has 0 radical (unpaired) electrons. The molecule has 1 atom stereocenters. The molecule has 2 heterocycles. The number of amides is 2. The first kappa shape index (κ1) is 18.3. The lowest BCUT2D eigenvalue weighted by Gasteiger charge is -2.17. The molecule has 0 aliphatic carbocycles. The molecule has 138 valence electrons. The maximum absolute atomic E-state index is 12.5. The number of hydrogen-bond acceptors (Lipinski definition) is 6. The Labute approximate surface area is 156 Å². The molecule has 0 spiro atoms. The summed E-state index contributed by atoms with van der Waals surface area (Å²) in [5, 5.41) is 12.2. The third kappa shape index (κ3) is 4.01. The van der Waals surface area contributed by atoms with Gasteiger partial charge < -0.3 is 15.0 Å². The van der Waals surface area contributed by atoms with Crippen LogP contribution in [0.4, 0.5) is 10.8 Å². The zero-order valence-corrected chi connectivity index (χ0v) is 15.9. The Kier molecular flexibility index (Phi) is 5.51. The van der Waals surface area contributed by atoms with Crippen molar-refractivity contribution in [1.82, 2.24) is 10.2 Å². The number of benzene rings is 1. The molecule has 1 saturated heterocycles. The molecule has 8 heteroatoms. The number of anilines is 2. The lowest BCUT2D eigenvalue weighted by atomic mass is 10.1. The summed E-state index contributed by atoms with van der Waals surface area (Å²) in [7, 11) is 0. The lowest BCUT2D eigenvalue weighted by Crippen LogP contribution is -2.28. The Bertz CT molecular complexity index is 788. The van der Waals surface area contributed by atoms with Crippen molar-refractivity contribution in [3.63, 3.8) is 0 Å². The third-order valence-electron chi connectivity index (χ3n) is 4.12. The minimum Gasteiger partial charge on any atom is -0.494 e. The second-order valence-electron chi connectivity index (χ2n) is 6.42. The maximum atomic E-state index is 12.5. The van der Waals surface area contributed by atoms with Crippen molar-refractivity contribution in [1.29, 1.82) is 0 Å². The highest BCUT2D eigenvalue weighted by Crippen LogP contribution is 2.28. The van der Waals surface area contributed by atoms with Gasteiger partial charge in [-0.15, -0.1) is 10.2 Å². The van der Waals surface area contributed by atoms with Crippen molar-refractivity contribution in [3.8, 4) is 5.75 Å². The molecule has 1 N–H and O–H groups in total. The van der Waals surface area contributed by atoms with Gasteiger partial charge in [-0.05, 0) is 31.2 Å². The quantitative estimate of drug-likeness (QED) is 0.840. The molecule has 0 saturated carbocycles. The van der Waals surface area contributed by atoms with E-state index in [1.54, 1.807) is 4.90 Å². The van der Waals surface area contributed by atoms with E-state index in [1.807, 2.05) is 45.0 Å². The van der Waals surface area contributed by atoms with Crippen LogP contribution in [-0.4, -0.2) is 35.2 Å². The minimum atomic E-state index is -0.402. The average molecular weight is 374 g/mol. The lowest BCUT2D eigenvalue weighted by molar-refractivity contribution is -0.122. The molecule has 0 bridgehead atoms. The monoisotopic (exact) mass is 374 g/mol. The van der Waals surface area contributed by atoms with Gasteiger partial charge >= 0.3 is 0 Å². The second-order valence-corrected chi connectivity index (χ2v) is 7.43. The number of aromatic nitrogens is 2. The number of nitrogens with zero attached hydrogens (tertiary/aromatic N) is 3. The summed E-state index contributed by atoms with van der Waals surface area (Å²) in [4.78, 5) is 26.5. The van der Waals surface area contributed by atoms with Crippen molar-refractivity contribution in [2.24, 2.45) is 5.92 Å². The van der Waals surface area contributed by atoms with Gasteiger partial charge in [0.05, 0.1) is 12.5 Å². The van der Waals surface area contributed by atoms with E-state index in [0.29, 0.717) is 18.3 Å². The van der Waals surface area contributed by atoms with E-state index in [0.717, 1.165) is 16.4 Å². The highest BCUT2D eigenvalue weighted by Gasteiger charge is 2.35. The molecule has 1 aromatic heterocycles. The van der Waals surface area contributed by atoms with Gasteiger partial charge in [-0.1, -0.05) is 25.2 Å². The largest absolute Gasteiger partial charge is 0.494 e. The number of hydrogen-bond donors (Lipinski definition) is 1. The van der Waals surface area contributed by atoms with E-state index in [4.69, 9.17) is 4.74 Å². The number of ether oxygens (including phenoxy) is 1. The molecule has 2 aromatic rings. The van der Waals surface area contributed by atoms with E-state index < -0.39 is 5.92 Å². The molecule has 3 rings (SSSR count). The average Bonchev–Trinajstić information content (AvgIpc) is 3.23. The molecule has 2 amide bonds. The Morgan fingerprint density at radius 1 is 1.35 bits per heavy atom. The minimum absolute atomic E-state index is 0.0607. The summed E-state index contributed by atoms with van der Waals surface area (Å²) in [6.07, 6.45) is 0.189. The molecule has 1 aliphatic heterocycles. The zero-order chi connectivity index (χ0) is 18.7. The van der Waals surface area contributed by atoms with Gasteiger partial charge in [0.25, 0.3) is 0 Å². The fraction of sp³-hybridized carbons (Fsp3) is 0.444. The van der Waals surface area contributed by atoms with E-state index >= 15 is 0 Å². The first-order valence-corrected chi connectivity index (χ1v) is 9.47. The van der Waals surface area contributed by atoms with Crippen LogP contribution in [0.15, 0.2) is 24.3 Å². The molecule has 26 heavy (non-hydrogen) atoms. The van der Waals surface area contributed by atoms with Gasteiger partial charge in [0.1, 0.15) is 10.8 Å². The fourth-order valence-corrected chi connectivity index (χ4v) is 3.50. The summed E-state index contributed by atoms with van der Waals surface area (Å²) in [5.41, 5.74) is 0.770. The van der Waals surface area contributed by atoms with Crippen LogP contribution >= 0.6 is 11.3 Å². The normalized spacial score (nSPS) is 17.0. The van der Waals surface area contributed by atoms with Crippen molar-refractivity contribution < 1.29 is 14.3 Å². The zero-order valence-electron chi connectivity index (χ0n) is 15.1. The summed E-state index contributed by atoms with van der Waals surface area (Å²) in [5.74, 6) is 0.365. The Morgan fingerprint density at radius 2 is 2.08 bits per heavy atom. The van der Waals surface area contributed by atoms with Crippen molar-refractivity contribution >= 4 is 34.0 Å². The van der Waals surface area contributed by atoms with Gasteiger partial charge in [-0.2, -0.15) is 0 Å². The summed E-state index contributed by atoms with van der Waals surface area (Å²) in [6.45, 7) is 6.92. The molecule has 1 aliphatic rings. The Balaban J connectivity index is 1.63. The van der Waals surface area contributed by atoms with E-state index in [-0.39, 0.29) is 24.2 Å². The standard InChI is InChI=1S/C18H22N4O3S/c1-4-25-14-7-5-13(6-8-14)22-10-12(9-15(22)23)16(24)19-18-21-20-17(26-18)11(2)3/h5-8,11-12H,4,9-10H2,1-3H3,(H,19,21,24). The van der Waals surface area contributed by atoms with Crippen LogP contribution in [-0.2, 0) is 9.59 Å². The Morgan fingerprint density at radius 3 is 2.69 bits per heavy atom. The number of rotatable bonds is 6. The SMILES string of the molecule is CCOc1ccc(N2CC(C(=O)Nc3nnc(C(C)C)s3)CC2=O)cc1. The number of carbonyl (C=O) groups excluding carboxylic acids is 2. The summed E-state index contributed by atoms with van der Waals surface area (Å²) in [6, 6.07) is 7.33. The number of nitrogens with one attached hydrogen (secondary N) is 1. The molecule has 1 unspecified atom stereocenters. The van der Waals surface area contributed by atoms with Gasteiger partial charge in [-0.3, -0.25) is 9.59 Å². The maximum Gasteiger partial charge on any atom is 0.231 e. The highest BCUT2D eigenvalue weighted by atomic mass is 32.1. The van der Waals surface area contributed by atoms with Crippen LogP contribution in [0.3, 0.4) is 0 Å². The van der Waals surface area contributed by atoms with Gasteiger partial charge in [0.15, 0.2) is 0 Å². The molecular weight excluding hydrogens is 352 g/mol. The van der Waals surface area contributed by atoms with Crippen LogP contribution in [0.2, 0.25) is 0 Å². The van der Waals surface area contributed by atoms with Crippen LogP contribution < -0.4 is 15.0 Å². The molecular formula is C18H22N4O3S. The van der Waals surface area contributed by atoms with E-state index in [1.165, 1.54) is 11.3 Å². The van der Waals surface area contributed by atoms with E-state index in [2.05, 4.69) is 15.5 Å². The van der Waals surface area contributed by atoms with Crippen molar-refractivity contribution in [2.45, 2.75) is 33.1 Å². The van der Waals surface area contributed by atoms with Crippen molar-refractivity contribution in [3.05, 3.63) is 29.3 Å². The van der Waals surface area contributed by atoms with Crippen LogP contribution in [0.1, 0.15) is 38.1 Å². The summed E-state index contributed by atoms with van der Waals surface area (Å²) >= 11 is 1.37. The van der Waals surface area contributed by atoms with Gasteiger partial charge in [0, 0.05) is 24.6 Å².